The Hall–Kier alpha value is -2.90. The number of hydrogen-bond donors (Lipinski definition) is 4. The normalized spacial score (nSPS) is 11.0. The van der Waals surface area contributed by atoms with Crippen LogP contribution in [0.3, 0.4) is 0 Å². The number of aromatic nitrogens is 2. The minimum absolute atomic E-state index is 0.0827. The van der Waals surface area contributed by atoms with Crippen LogP contribution in [0.25, 0.3) is 0 Å². The fraction of sp³-hybridized carbons (Fsp3) is 0.267. The Morgan fingerprint density at radius 1 is 1.17 bits per heavy atom. The van der Waals surface area contributed by atoms with E-state index < -0.39 is 11.7 Å². The zero-order valence-electron chi connectivity index (χ0n) is 13.1. The summed E-state index contributed by atoms with van der Waals surface area (Å²) in [5.74, 6) is -0.587. The Morgan fingerprint density at radius 2 is 1.83 bits per heavy atom. The summed E-state index contributed by atoms with van der Waals surface area (Å²) in [5.41, 5.74) is 10.8. The first-order chi connectivity index (χ1) is 10.8. The molecule has 0 saturated heterocycles. The number of hydrogen-bond acceptors (Lipinski definition) is 6. The summed E-state index contributed by atoms with van der Waals surface area (Å²) < 4.78 is 13.5. The van der Waals surface area contributed by atoms with E-state index in [1.165, 1.54) is 24.5 Å². The lowest BCUT2D eigenvalue weighted by Crippen LogP contribution is -2.32. The standard InChI is InChI=1S/C15H19FN6O/c1-15(2,3)20-12-11(17)13(19-8-18-12)21-22-14(23)9-6-4-5-7-10(9)16/h4-8H,17H2,1-3H3,(H,22,23)(H2,18,19,20,21). The molecular formula is C15H19FN6O. The van der Waals surface area contributed by atoms with Gasteiger partial charge >= 0.3 is 0 Å². The van der Waals surface area contributed by atoms with Crippen molar-refractivity contribution in [3.8, 4) is 0 Å². The van der Waals surface area contributed by atoms with Crippen LogP contribution in [0.4, 0.5) is 21.7 Å². The first-order valence-corrected chi connectivity index (χ1v) is 6.97. The summed E-state index contributed by atoms with van der Waals surface area (Å²) in [5, 5.41) is 3.13. The number of halogens is 1. The van der Waals surface area contributed by atoms with Gasteiger partial charge in [0.1, 0.15) is 17.8 Å². The van der Waals surface area contributed by atoms with Gasteiger partial charge in [-0.05, 0) is 32.9 Å². The van der Waals surface area contributed by atoms with Gasteiger partial charge < -0.3 is 11.1 Å². The Bertz CT molecular complexity index is 713. The fourth-order valence-electron chi connectivity index (χ4n) is 1.78. The van der Waals surface area contributed by atoms with Crippen molar-refractivity contribution in [2.45, 2.75) is 26.3 Å². The predicted molar refractivity (Wildman–Crippen MR) is 87.3 cm³/mol. The molecule has 2 aromatic rings. The molecule has 7 nitrogen and oxygen atoms in total. The molecule has 1 amide bonds. The lowest BCUT2D eigenvalue weighted by Gasteiger charge is -2.22. The topological polar surface area (TPSA) is 105 Å². The fourth-order valence-corrected chi connectivity index (χ4v) is 1.78. The lowest BCUT2D eigenvalue weighted by atomic mass is 10.1. The molecule has 1 heterocycles. The van der Waals surface area contributed by atoms with E-state index in [0.717, 1.165) is 0 Å². The predicted octanol–water partition coefficient (Wildman–Crippen LogP) is 2.17. The molecule has 0 radical (unpaired) electrons. The first kappa shape index (κ1) is 16.5. The number of carbonyl (C=O) groups excluding carboxylic acids is 1. The van der Waals surface area contributed by atoms with Gasteiger partial charge in [-0.15, -0.1) is 0 Å². The zero-order chi connectivity index (χ0) is 17.0. The van der Waals surface area contributed by atoms with Gasteiger partial charge in [-0.25, -0.2) is 14.4 Å². The quantitative estimate of drug-likeness (QED) is 0.644. The van der Waals surface area contributed by atoms with Crippen molar-refractivity contribution < 1.29 is 9.18 Å². The molecule has 0 bridgehead atoms. The molecule has 23 heavy (non-hydrogen) atoms. The summed E-state index contributed by atoms with van der Waals surface area (Å²) >= 11 is 0. The number of hydrazine groups is 1. The van der Waals surface area contributed by atoms with Crippen LogP contribution >= 0.6 is 0 Å². The van der Waals surface area contributed by atoms with E-state index >= 15 is 0 Å². The number of nitrogens with zero attached hydrogens (tertiary/aromatic N) is 2. The second kappa shape index (κ2) is 6.47. The van der Waals surface area contributed by atoms with Crippen molar-refractivity contribution in [2.75, 3.05) is 16.5 Å². The largest absolute Gasteiger partial charge is 0.393 e. The molecule has 0 aliphatic heterocycles. The van der Waals surface area contributed by atoms with E-state index in [4.69, 9.17) is 5.73 Å². The molecule has 8 heteroatoms. The Balaban J connectivity index is 2.11. The highest BCUT2D eigenvalue weighted by Crippen LogP contribution is 2.24. The van der Waals surface area contributed by atoms with Gasteiger partial charge in [0.05, 0.1) is 5.56 Å². The van der Waals surface area contributed by atoms with Gasteiger partial charge in [0.2, 0.25) is 0 Å². The highest BCUT2D eigenvalue weighted by molar-refractivity contribution is 5.95. The number of rotatable bonds is 4. The van der Waals surface area contributed by atoms with Gasteiger partial charge in [-0.1, -0.05) is 12.1 Å². The second-order valence-electron chi connectivity index (χ2n) is 5.92. The average Bonchev–Trinajstić information content (AvgIpc) is 2.47. The summed E-state index contributed by atoms with van der Waals surface area (Å²) in [6, 6.07) is 5.66. The highest BCUT2D eigenvalue weighted by Gasteiger charge is 2.16. The minimum atomic E-state index is -0.633. The first-order valence-electron chi connectivity index (χ1n) is 6.97. The highest BCUT2D eigenvalue weighted by atomic mass is 19.1. The van der Waals surface area contributed by atoms with Crippen LogP contribution in [0.15, 0.2) is 30.6 Å². The molecule has 5 N–H and O–H groups in total. The molecule has 1 aromatic heterocycles. The third-order valence-electron chi connectivity index (χ3n) is 2.79. The van der Waals surface area contributed by atoms with Crippen molar-refractivity contribution >= 4 is 23.2 Å². The zero-order valence-corrected chi connectivity index (χ0v) is 13.1. The van der Waals surface area contributed by atoms with Crippen LogP contribution in [0.5, 0.6) is 0 Å². The Labute approximate surface area is 133 Å². The number of amides is 1. The molecule has 1 aromatic carbocycles. The van der Waals surface area contributed by atoms with E-state index in [-0.39, 0.29) is 22.6 Å². The van der Waals surface area contributed by atoms with E-state index in [9.17, 15) is 9.18 Å². The van der Waals surface area contributed by atoms with E-state index in [0.29, 0.717) is 5.82 Å². The van der Waals surface area contributed by atoms with Crippen LogP contribution in [0.1, 0.15) is 31.1 Å². The maximum Gasteiger partial charge on any atom is 0.272 e. The van der Waals surface area contributed by atoms with Gasteiger partial charge in [-0.2, -0.15) is 0 Å². The molecule has 122 valence electrons. The number of anilines is 3. The maximum atomic E-state index is 13.5. The SMILES string of the molecule is CC(C)(C)Nc1ncnc(NNC(=O)c2ccccc2F)c1N. The van der Waals surface area contributed by atoms with E-state index in [1.54, 1.807) is 6.07 Å². The third-order valence-corrected chi connectivity index (χ3v) is 2.79. The number of nitrogen functional groups attached to an aromatic ring is 1. The van der Waals surface area contributed by atoms with Gasteiger partial charge in [-0.3, -0.25) is 15.6 Å². The summed E-state index contributed by atoms with van der Waals surface area (Å²) in [6.07, 6.45) is 1.31. The molecule has 0 aliphatic carbocycles. The molecule has 0 spiro atoms. The van der Waals surface area contributed by atoms with Crippen molar-refractivity contribution in [2.24, 2.45) is 0 Å². The van der Waals surface area contributed by atoms with Gasteiger partial charge in [0.15, 0.2) is 11.6 Å². The summed E-state index contributed by atoms with van der Waals surface area (Å²) in [4.78, 5) is 20.0. The Kier molecular flexibility index (Phi) is 4.63. The maximum absolute atomic E-state index is 13.5. The van der Waals surface area contributed by atoms with Crippen molar-refractivity contribution in [3.05, 3.63) is 42.0 Å². The van der Waals surface area contributed by atoms with Crippen LogP contribution in [-0.4, -0.2) is 21.4 Å². The molecule has 0 fully saturated rings. The molecule has 0 unspecified atom stereocenters. The lowest BCUT2D eigenvalue weighted by molar-refractivity contribution is 0.0958. The molecule has 0 atom stereocenters. The number of nitrogens with two attached hydrogens (primary N) is 1. The molecule has 2 rings (SSSR count). The smallest absolute Gasteiger partial charge is 0.272 e. The number of benzene rings is 1. The van der Waals surface area contributed by atoms with Crippen molar-refractivity contribution in [3.63, 3.8) is 0 Å². The molecule has 0 saturated carbocycles. The molecule has 0 aliphatic rings. The summed E-state index contributed by atoms with van der Waals surface area (Å²) in [6.45, 7) is 5.88. The van der Waals surface area contributed by atoms with E-state index in [2.05, 4.69) is 26.1 Å². The minimum Gasteiger partial charge on any atom is -0.393 e. The van der Waals surface area contributed by atoms with Crippen LogP contribution < -0.4 is 21.9 Å². The van der Waals surface area contributed by atoms with Crippen molar-refractivity contribution in [1.29, 1.82) is 0 Å². The monoisotopic (exact) mass is 318 g/mol. The van der Waals surface area contributed by atoms with Crippen LogP contribution in [0.2, 0.25) is 0 Å². The third kappa shape index (κ3) is 4.29. The van der Waals surface area contributed by atoms with Crippen LogP contribution in [-0.2, 0) is 0 Å². The van der Waals surface area contributed by atoms with E-state index in [1.807, 2.05) is 20.8 Å². The molecular weight excluding hydrogens is 299 g/mol. The van der Waals surface area contributed by atoms with Gasteiger partial charge in [0.25, 0.3) is 5.91 Å². The van der Waals surface area contributed by atoms with Crippen molar-refractivity contribution in [1.82, 2.24) is 15.4 Å². The van der Waals surface area contributed by atoms with Crippen LogP contribution in [0, 0.1) is 5.82 Å². The number of nitrogens with one attached hydrogen (secondary N) is 3. The Morgan fingerprint density at radius 3 is 2.48 bits per heavy atom. The number of carbonyl (C=O) groups is 1. The summed E-state index contributed by atoms with van der Waals surface area (Å²) in [7, 11) is 0. The van der Waals surface area contributed by atoms with Gasteiger partial charge in [0, 0.05) is 5.54 Å². The average molecular weight is 318 g/mol. The second-order valence-corrected chi connectivity index (χ2v) is 5.92.